The molecule has 8 heteroatoms. The molecular weight excluding hydrogens is 360 g/mol. The van der Waals surface area contributed by atoms with E-state index in [0.717, 1.165) is 5.56 Å². The van der Waals surface area contributed by atoms with Gasteiger partial charge in [0.1, 0.15) is 16.0 Å². The number of nitrogens with one attached hydrogen (secondary N) is 1. The SMILES string of the molecule is CCOC(=O)Nc1sccc1/C=C(/C#N)S(=O)(=O)c1ccc(C)cc1. The highest BCUT2D eigenvalue weighted by atomic mass is 32.2. The second-order valence-corrected chi connectivity index (χ2v) is 7.82. The van der Waals surface area contributed by atoms with Gasteiger partial charge in [0.25, 0.3) is 0 Å². The van der Waals surface area contributed by atoms with Gasteiger partial charge in [-0.2, -0.15) is 5.26 Å². The van der Waals surface area contributed by atoms with Crippen LogP contribution in [-0.4, -0.2) is 21.1 Å². The number of hydrogen-bond donors (Lipinski definition) is 1. The van der Waals surface area contributed by atoms with Gasteiger partial charge in [-0.25, -0.2) is 13.2 Å². The molecule has 0 bridgehead atoms. The van der Waals surface area contributed by atoms with Crippen molar-refractivity contribution < 1.29 is 17.9 Å². The Morgan fingerprint density at radius 3 is 2.60 bits per heavy atom. The summed E-state index contributed by atoms with van der Waals surface area (Å²) in [5.74, 6) is 0. The van der Waals surface area contributed by atoms with Crippen LogP contribution >= 0.6 is 11.3 Å². The average Bonchev–Trinajstić information content (AvgIpc) is 2.99. The van der Waals surface area contributed by atoms with Gasteiger partial charge < -0.3 is 4.74 Å². The number of carbonyl (C=O) groups excluding carboxylic acids is 1. The minimum absolute atomic E-state index is 0.0426. The first-order chi connectivity index (χ1) is 11.9. The zero-order valence-electron chi connectivity index (χ0n) is 13.6. The Morgan fingerprint density at radius 1 is 1.32 bits per heavy atom. The highest BCUT2D eigenvalue weighted by Crippen LogP contribution is 2.28. The van der Waals surface area contributed by atoms with Crippen molar-refractivity contribution in [3.63, 3.8) is 0 Å². The maximum absolute atomic E-state index is 12.6. The van der Waals surface area contributed by atoms with Crippen molar-refractivity contribution in [1.29, 1.82) is 5.26 Å². The van der Waals surface area contributed by atoms with Crippen molar-refractivity contribution in [2.45, 2.75) is 18.7 Å². The van der Waals surface area contributed by atoms with E-state index in [0.29, 0.717) is 10.6 Å². The molecule has 2 rings (SSSR count). The highest BCUT2D eigenvalue weighted by molar-refractivity contribution is 7.95. The van der Waals surface area contributed by atoms with Gasteiger partial charge in [-0.3, -0.25) is 5.32 Å². The van der Waals surface area contributed by atoms with Crippen LogP contribution in [0.5, 0.6) is 0 Å². The van der Waals surface area contributed by atoms with E-state index in [-0.39, 0.29) is 11.5 Å². The highest BCUT2D eigenvalue weighted by Gasteiger charge is 2.21. The van der Waals surface area contributed by atoms with Crippen molar-refractivity contribution in [2.24, 2.45) is 0 Å². The predicted octanol–water partition coefficient (Wildman–Crippen LogP) is 3.96. The number of rotatable bonds is 5. The number of nitrogens with zero attached hydrogens (tertiary/aromatic N) is 1. The lowest BCUT2D eigenvalue weighted by molar-refractivity contribution is 0.168. The Bertz CT molecular complexity index is 936. The molecule has 1 heterocycles. The quantitative estimate of drug-likeness (QED) is 0.797. The molecule has 0 fully saturated rings. The number of sulfone groups is 1. The molecule has 0 unspecified atom stereocenters. The lowest BCUT2D eigenvalue weighted by Gasteiger charge is -2.06. The summed E-state index contributed by atoms with van der Waals surface area (Å²) in [6.07, 6.45) is 0.604. The Labute approximate surface area is 150 Å². The van der Waals surface area contributed by atoms with E-state index in [1.807, 2.05) is 6.92 Å². The first kappa shape index (κ1) is 18.7. The topological polar surface area (TPSA) is 96.3 Å². The first-order valence-electron chi connectivity index (χ1n) is 7.33. The van der Waals surface area contributed by atoms with Gasteiger partial charge in [-0.05, 0) is 43.5 Å². The van der Waals surface area contributed by atoms with E-state index in [1.54, 1.807) is 36.6 Å². The van der Waals surface area contributed by atoms with Gasteiger partial charge in [0, 0.05) is 5.56 Å². The lowest BCUT2D eigenvalue weighted by Crippen LogP contribution is -2.13. The van der Waals surface area contributed by atoms with Crippen molar-refractivity contribution in [1.82, 2.24) is 0 Å². The van der Waals surface area contributed by atoms with Crippen LogP contribution in [0.4, 0.5) is 9.80 Å². The molecule has 0 atom stereocenters. The molecule has 0 aliphatic rings. The van der Waals surface area contributed by atoms with Crippen molar-refractivity contribution in [2.75, 3.05) is 11.9 Å². The van der Waals surface area contributed by atoms with E-state index in [1.165, 1.54) is 29.5 Å². The number of anilines is 1. The molecule has 1 N–H and O–H groups in total. The van der Waals surface area contributed by atoms with Crippen LogP contribution < -0.4 is 5.32 Å². The van der Waals surface area contributed by atoms with Crippen LogP contribution in [0, 0.1) is 18.3 Å². The molecule has 0 aliphatic heterocycles. The molecule has 0 aliphatic carbocycles. The Morgan fingerprint density at radius 2 is 2.00 bits per heavy atom. The zero-order valence-corrected chi connectivity index (χ0v) is 15.3. The maximum Gasteiger partial charge on any atom is 0.412 e. The van der Waals surface area contributed by atoms with E-state index in [9.17, 15) is 18.5 Å². The van der Waals surface area contributed by atoms with Crippen LogP contribution in [-0.2, 0) is 14.6 Å². The van der Waals surface area contributed by atoms with E-state index in [4.69, 9.17) is 4.74 Å². The number of ether oxygens (including phenoxy) is 1. The second-order valence-electron chi connectivity index (χ2n) is 4.99. The maximum atomic E-state index is 12.6. The second kappa shape index (κ2) is 7.96. The summed E-state index contributed by atoms with van der Waals surface area (Å²) in [7, 11) is -3.94. The zero-order chi connectivity index (χ0) is 18.4. The third-order valence-corrected chi connectivity index (χ3v) is 5.73. The lowest BCUT2D eigenvalue weighted by atomic mass is 10.2. The van der Waals surface area contributed by atoms with Crippen LogP contribution in [0.2, 0.25) is 0 Å². The third-order valence-electron chi connectivity index (χ3n) is 3.20. The number of allylic oxidation sites excluding steroid dienone is 1. The Kier molecular flexibility index (Phi) is 5.96. The summed E-state index contributed by atoms with van der Waals surface area (Å²) in [4.78, 5) is 11.2. The molecule has 0 saturated heterocycles. The summed E-state index contributed by atoms with van der Waals surface area (Å²) in [6, 6.07) is 9.61. The molecule has 0 radical (unpaired) electrons. The van der Waals surface area contributed by atoms with Crippen molar-refractivity contribution in [3.8, 4) is 6.07 Å². The van der Waals surface area contributed by atoms with Gasteiger partial charge in [0.15, 0.2) is 0 Å². The minimum Gasteiger partial charge on any atom is -0.450 e. The number of aryl methyl sites for hydroxylation is 1. The third kappa shape index (κ3) is 4.47. The fourth-order valence-corrected chi connectivity index (χ4v) is 3.86. The number of benzene rings is 1. The van der Waals surface area contributed by atoms with E-state index >= 15 is 0 Å². The fraction of sp³-hybridized carbons (Fsp3) is 0.176. The monoisotopic (exact) mass is 376 g/mol. The van der Waals surface area contributed by atoms with Crippen molar-refractivity contribution in [3.05, 3.63) is 51.7 Å². The number of thiophene rings is 1. The molecule has 1 aromatic heterocycles. The molecule has 0 spiro atoms. The number of hydrogen-bond acceptors (Lipinski definition) is 6. The number of amides is 1. The Balaban J connectivity index is 2.38. The number of nitriles is 1. The molecular formula is C17H16N2O4S2. The van der Waals surface area contributed by atoms with Crippen LogP contribution in [0.15, 0.2) is 45.5 Å². The first-order valence-corrected chi connectivity index (χ1v) is 9.69. The average molecular weight is 376 g/mol. The van der Waals surface area contributed by atoms with Crippen LogP contribution in [0.25, 0.3) is 6.08 Å². The summed E-state index contributed by atoms with van der Waals surface area (Å²) < 4.78 is 30.1. The molecule has 6 nitrogen and oxygen atoms in total. The molecule has 2 aromatic rings. The Hall–Kier alpha value is -2.63. The molecule has 130 valence electrons. The van der Waals surface area contributed by atoms with Gasteiger partial charge in [-0.15, -0.1) is 11.3 Å². The van der Waals surface area contributed by atoms with Crippen molar-refractivity contribution >= 4 is 38.3 Å². The fourth-order valence-electron chi connectivity index (χ4n) is 1.95. The minimum atomic E-state index is -3.94. The van der Waals surface area contributed by atoms with Gasteiger partial charge in [0.2, 0.25) is 9.84 Å². The summed E-state index contributed by atoms with van der Waals surface area (Å²) in [6.45, 7) is 3.74. The summed E-state index contributed by atoms with van der Waals surface area (Å²) in [5, 5.41) is 13.9. The van der Waals surface area contributed by atoms with E-state index in [2.05, 4.69) is 5.32 Å². The van der Waals surface area contributed by atoms with Crippen LogP contribution in [0.1, 0.15) is 18.1 Å². The van der Waals surface area contributed by atoms with E-state index < -0.39 is 20.8 Å². The van der Waals surface area contributed by atoms with Gasteiger partial charge in [-0.1, -0.05) is 17.7 Å². The van der Waals surface area contributed by atoms with Gasteiger partial charge in [0.05, 0.1) is 11.5 Å². The molecule has 1 aromatic carbocycles. The number of carbonyl (C=O) groups is 1. The predicted molar refractivity (Wildman–Crippen MR) is 96.9 cm³/mol. The normalized spacial score (nSPS) is 11.6. The summed E-state index contributed by atoms with van der Waals surface area (Å²) >= 11 is 1.20. The molecule has 25 heavy (non-hydrogen) atoms. The van der Waals surface area contributed by atoms with Crippen LogP contribution in [0.3, 0.4) is 0 Å². The summed E-state index contributed by atoms with van der Waals surface area (Å²) in [5.41, 5.74) is 1.34. The molecule has 0 saturated carbocycles. The van der Waals surface area contributed by atoms with Gasteiger partial charge >= 0.3 is 6.09 Å². The molecule has 1 amide bonds. The smallest absolute Gasteiger partial charge is 0.412 e. The largest absolute Gasteiger partial charge is 0.450 e. The standard InChI is InChI=1S/C17H16N2O4S2/c1-3-23-17(20)19-16-13(8-9-24-16)10-15(11-18)25(21,22)14-6-4-12(2)5-7-14/h4-10H,3H2,1-2H3,(H,19,20)/b15-10-.